The molecule has 1 saturated carbocycles. The monoisotopic (exact) mass is 370 g/mol. The molecule has 1 amide bonds. The van der Waals surface area contributed by atoms with Crippen molar-refractivity contribution >= 4 is 11.6 Å². The maximum Gasteiger partial charge on any atom is 0.252 e. The number of aliphatic hydroxyl groups excluding tert-OH is 2. The summed E-state index contributed by atoms with van der Waals surface area (Å²) in [7, 11) is 0. The molecule has 27 heavy (non-hydrogen) atoms. The normalized spacial score (nSPS) is 46.9. The van der Waals surface area contributed by atoms with E-state index in [1.807, 2.05) is 23.1 Å². The molecule has 1 aromatic rings. The van der Waals surface area contributed by atoms with E-state index in [9.17, 15) is 15.0 Å². The first-order valence-electron chi connectivity index (χ1n) is 10.2. The number of rotatable bonds is 1. The third kappa shape index (κ3) is 1.78. The molecular formula is C21H26N2O4. The van der Waals surface area contributed by atoms with Gasteiger partial charge in [0.15, 0.2) is 6.29 Å². The molecule has 1 aliphatic carbocycles. The largest absolute Gasteiger partial charge is 0.387 e. The lowest BCUT2D eigenvalue weighted by molar-refractivity contribution is -0.260. The fourth-order valence-corrected chi connectivity index (χ4v) is 7.50. The Labute approximate surface area is 158 Å². The summed E-state index contributed by atoms with van der Waals surface area (Å²) >= 11 is 0. The van der Waals surface area contributed by atoms with E-state index in [4.69, 9.17) is 4.74 Å². The Balaban J connectivity index is 1.60. The number of nitrogens with zero attached hydrogens (tertiary/aromatic N) is 2. The van der Waals surface area contributed by atoms with Crippen molar-refractivity contribution in [2.75, 3.05) is 24.6 Å². The highest BCUT2D eigenvalue weighted by Gasteiger charge is 2.71. The smallest absolute Gasteiger partial charge is 0.252 e. The number of ether oxygens (including phenoxy) is 1. The zero-order chi connectivity index (χ0) is 18.5. The Kier molecular flexibility index (Phi) is 3.25. The summed E-state index contributed by atoms with van der Waals surface area (Å²) in [5, 5.41) is 20.7. The predicted octanol–water partition coefficient (Wildman–Crippen LogP) is 0.709. The first kappa shape index (κ1) is 16.5. The van der Waals surface area contributed by atoms with Gasteiger partial charge in [0.25, 0.3) is 5.91 Å². The van der Waals surface area contributed by atoms with E-state index in [0.29, 0.717) is 17.9 Å². The number of anilines is 1. The fraction of sp³-hybridized carbons (Fsp3) is 0.667. The lowest BCUT2D eigenvalue weighted by atomic mass is 9.53. The van der Waals surface area contributed by atoms with Crippen LogP contribution in [0.4, 0.5) is 5.69 Å². The molecule has 144 valence electrons. The Morgan fingerprint density at radius 3 is 2.96 bits per heavy atom. The Bertz CT molecular complexity index is 815. The molecule has 4 heterocycles. The molecule has 2 N–H and O–H groups in total. The molecule has 6 heteroatoms. The van der Waals surface area contributed by atoms with Crippen LogP contribution >= 0.6 is 0 Å². The van der Waals surface area contributed by atoms with Crippen LogP contribution in [0.1, 0.15) is 25.3 Å². The van der Waals surface area contributed by atoms with Gasteiger partial charge >= 0.3 is 0 Å². The van der Waals surface area contributed by atoms with Crippen molar-refractivity contribution in [2.45, 2.75) is 49.7 Å². The molecule has 0 unspecified atom stereocenters. The molecule has 2 bridgehead atoms. The van der Waals surface area contributed by atoms with E-state index in [2.05, 4.69) is 17.9 Å². The topological polar surface area (TPSA) is 73.2 Å². The van der Waals surface area contributed by atoms with Gasteiger partial charge in [0.2, 0.25) is 0 Å². The maximum absolute atomic E-state index is 12.9. The van der Waals surface area contributed by atoms with Gasteiger partial charge in [-0.1, -0.05) is 18.2 Å². The number of para-hydroxylation sites is 1. The highest BCUT2D eigenvalue weighted by atomic mass is 16.6. The van der Waals surface area contributed by atoms with Crippen LogP contribution in [0.3, 0.4) is 0 Å². The molecule has 6 rings (SSSR count). The lowest BCUT2D eigenvalue weighted by Gasteiger charge is -2.61. The summed E-state index contributed by atoms with van der Waals surface area (Å²) in [6.45, 7) is 3.60. The highest BCUT2D eigenvalue weighted by Crippen LogP contribution is 2.65. The third-order valence-corrected chi connectivity index (χ3v) is 8.36. The molecule has 4 aliphatic heterocycles. The third-order valence-electron chi connectivity index (χ3n) is 8.36. The van der Waals surface area contributed by atoms with Crippen LogP contribution in [0, 0.1) is 17.8 Å². The van der Waals surface area contributed by atoms with Crippen LogP contribution in [-0.4, -0.2) is 65.2 Å². The van der Waals surface area contributed by atoms with Gasteiger partial charge in [0, 0.05) is 35.5 Å². The van der Waals surface area contributed by atoms with Crippen molar-refractivity contribution in [1.82, 2.24) is 4.90 Å². The molecule has 6 nitrogen and oxygen atoms in total. The molecule has 1 aromatic carbocycles. The van der Waals surface area contributed by atoms with Gasteiger partial charge in [0.1, 0.15) is 6.61 Å². The van der Waals surface area contributed by atoms with E-state index >= 15 is 0 Å². The van der Waals surface area contributed by atoms with Crippen molar-refractivity contribution in [1.29, 1.82) is 0 Å². The average Bonchev–Trinajstić information content (AvgIpc) is 3.21. The Hall–Kier alpha value is -1.47. The number of benzene rings is 1. The zero-order valence-electron chi connectivity index (χ0n) is 15.5. The van der Waals surface area contributed by atoms with Gasteiger partial charge in [-0.2, -0.15) is 0 Å². The Morgan fingerprint density at radius 1 is 1.33 bits per heavy atom. The van der Waals surface area contributed by atoms with Gasteiger partial charge in [0.05, 0.1) is 12.1 Å². The van der Waals surface area contributed by atoms with E-state index in [-0.39, 0.29) is 29.4 Å². The van der Waals surface area contributed by atoms with Gasteiger partial charge in [-0.15, -0.1) is 0 Å². The minimum atomic E-state index is -0.862. The summed E-state index contributed by atoms with van der Waals surface area (Å²) in [6.07, 6.45) is 1.22. The summed E-state index contributed by atoms with van der Waals surface area (Å²) in [5.41, 5.74) is 1.96. The van der Waals surface area contributed by atoms with Gasteiger partial charge in [-0.05, 0) is 43.9 Å². The summed E-state index contributed by atoms with van der Waals surface area (Å²) < 4.78 is 6.00. The van der Waals surface area contributed by atoms with Crippen molar-refractivity contribution in [3.05, 3.63) is 29.8 Å². The predicted molar refractivity (Wildman–Crippen MR) is 98.1 cm³/mol. The van der Waals surface area contributed by atoms with Crippen LogP contribution in [0.5, 0.6) is 0 Å². The molecule has 0 radical (unpaired) electrons. The van der Waals surface area contributed by atoms with Crippen molar-refractivity contribution < 1.29 is 19.7 Å². The first-order chi connectivity index (χ1) is 13.1. The minimum absolute atomic E-state index is 0.0288. The molecule has 4 fully saturated rings. The minimum Gasteiger partial charge on any atom is -0.387 e. The van der Waals surface area contributed by atoms with Crippen LogP contribution in [0.25, 0.3) is 0 Å². The molecule has 1 spiro atoms. The molecule has 8 atom stereocenters. The number of aliphatic hydroxyl groups is 2. The molecule has 3 saturated heterocycles. The fourth-order valence-electron chi connectivity index (χ4n) is 7.50. The van der Waals surface area contributed by atoms with Gasteiger partial charge in [-0.25, -0.2) is 0 Å². The quantitative estimate of drug-likeness (QED) is 0.762. The second-order valence-electron chi connectivity index (χ2n) is 9.06. The van der Waals surface area contributed by atoms with Crippen LogP contribution < -0.4 is 4.90 Å². The summed E-state index contributed by atoms with van der Waals surface area (Å²) in [4.78, 5) is 17.3. The van der Waals surface area contributed by atoms with Gasteiger partial charge < -0.3 is 19.8 Å². The first-order valence-corrected chi connectivity index (χ1v) is 10.2. The number of hydrogen-bond donors (Lipinski definition) is 2. The number of amides is 1. The number of fused-ring (bicyclic) bond motifs is 2. The van der Waals surface area contributed by atoms with Crippen molar-refractivity contribution in [3.8, 4) is 0 Å². The second kappa shape index (κ2) is 5.32. The highest BCUT2D eigenvalue weighted by molar-refractivity contribution is 5.98. The van der Waals surface area contributed by atoms with Crippen LogP contribution in [0.2, 0.25) is 0 Å². The summed E-state index contributed by atoms with van der Waals surface area (Å²) in [6, 6.07) is 8.42. The van der Waals surface area contributed by atoms with E-state index in [1.54, 1.807) is 0 Å². The zero-order valence-corrected chi connectivity index (χ0v) is 15.5. The molecular weight excluding hydrogens is 344 g/mol. The van der Waals surface area contributed by atoms with E-state index in [0.717, 1.165) is 31.6 Å². The van der Waals surface area contributed by atoms with Gasteiger partial charge in [-0.3, -0.25) is 9.69 Å². The van der Waals surface area contributed by atoms with Crippen molar-refractivity contribution in [2.24, 2.45) is 17.8 Å². The molecule has 5 aliphatic rings. The van der Waals surface area contributed by atoms with Crippen LogP contribution in [-0.2, 0) is 14.9 Å². The maximum atomic E-state index is 12.9. The second-order valence-corrected chi connectivity index (χ2v) is 9.06. The average molecular weight is 370 g/mol. The van der Waals surface area contributed by atoms with Crippen molar-refractivity contribution in [3.63, 3.8) is 0 Å². The number of piperidine rings is 1. The van der Waals surface area contributed by atoms with Crippen LogP contribution in [0.15, 0.2) is 24.3 Å². The standard InChI is InChI=1S/C21H26N2O4/c1-11-13-9-22-7-6-21-14-4-2-3-5-15(14)23(17(25)10-24)19(21)18(20(26)27-11)12(13)8-16(21)22/h2-5,11-13,16,18-20,24,26H,6-10H2,1H3/t11-,12+,13+,16+,18-,19+,20+,21-/m1/s1. The molecule has 0 aromatic heterocycles. The van der Waals surface area contributed by atoms with E-state index in [1.165, 1.54) is 5.56 Å². The Morgan fingerprint density at radius 2 is 2.15 bits per heavy atom. The number of hydrogen-bond acceptors (Lipinski definition) is 5. The SMILES string of the molecule is C[C@H]1O[C@H](O)[C@@H]2[C@H]3C[C@@H]4N(CC[C@@]45c4ccccc4N(C(=O)CO)[C@@H]25)C[C@H]31. The summed E-state index contributed by atoms with van der Waals surface area (Å²) in [5.74, 6) is 0.362. The number of carbonyl (C=O) groups excluding carboxylic acids is 1. The lowest BCUT2D eigenvalue weighted by Crippen LogP contribution is -2.71. The van der Waals surface area contributed by atoms with E-state index < -0.39 is 12.9 Å². The number of carbonyl (C=O) groups is 1.